The summed E-state index contributed by atoms with van der Waals surface area (Å²) < 4.78 is 5.16. The highest BCUT2D eigenvalue weighted by atomic mass is 32.2. The summed E-state index contributed by atoms with van der Waals surface area (Å²) in [7, 11) is 1.71. The number of nitrogens with two attached hydrogens (primary N) is 1. The van der Waals surface area contributed by atoms with Gasteiger partial charge in [0.05, 0.1) is 12.6 Å². The van der Waals surface area contributed by atoms with E-state index >= 15 is 0 Å². The first-order chi connectivity index (χ1) is 8.19. The van der Waals surface area contributed by atoms with Crippen LogP contribution < -0.4 is 5.73 Å². The summed E-state index contributed by atoms with van der Waals surface area (Å²) in [6.45, 7) is 2.40. The van der Waals surface area contributed by atoms with Gasteiger partial charge in [-0.25, -0.2) is 0 Å². The van der Waals surface area contributed by atoms with Gasteiger partial charge in [0.1, 0.15) is 0 Å². The third kappa shape index (κ3) is 4.85. The standard InChI is InChI=1S/C12H24N2O2S/c1-16-9-10-4-3-6-14(8-10)12(15)11(13)5-7-17-2/h10-11H,3-9,13H2,1-2H3/t10?,11-/m0/s1. The lowest BCUT2D eigenvalue weighted by Gasteiger charge is -2.34. The van der Waals surface area contributed by atoms with Crippen LogP contribution in [0.15, 0.2) is 0 Å². The topological polar surface area (TPSA) is 55.6 Å². The lowest BCUT2D eigenvalue weighted by atomic mass is 9.98. The number of carbonyl (C=O) groups excluding carboxylic acids is 1. The molecule has 0 aromatic heterocycles. The predicted octanol–water partition coefficient (Wildman–Crippen LogP) is 0.952. The van der Waals surface area contributed by atoms with E-state index in [4.69, 9.17) is 10.5 Å². The maximum absolute atomic E-state index is 12.1. The van der Waals surface area contributed by atoms with Crippen LogP contribution in [0.5, 0.6) is 0 Å². The molecule has 0 aliphatic carbocycles. The second-order valence-electron chi connectivity index (χ2n) is 4.64. The minimum Gasteiger partial charge on any atom is -0.384 e. The molecule has 1 aliphatic rings. The second kappa shape index (κ2) is 7.95. The summed E-state index contributed by atoms with van der Waals surface area (Å²) in [6, 6.07) is -0.330. The van der Waals surface area contributed by atoms with Crippen LogP contribution in [0.1, 0.15) is 19.3 Å². The Labute approximate surface area is 108 Å². The van der Waals surface area contributed by atoms with Gasteiger partial charge >= 0.3 is 0 Å². The van der Waals surface area contributed by atoms with Gasteiger partial charge in [0.25, 0.3) is 0 Å². The smallest absolute Gasteiger partial charge is 0.239 e. The van der Waals surface area contributed by atoms with Crippen molar-refractivity contribution in [2.75, 3.05) is 38.8 Å². The molecule has 0 aromatic rings. The van der Waals surface area contributed by atoms with Gasteiger partial charge < -0.3 is 15.4 Å². The van der Waals surface area contributed by atoms with Gasteiger partial charge in [-0.2, -0.15) is 11.8 Å². The number of piperidine rings is 1. The molecule has 0 aromatic carbocycles. The van der Waals surface area contributed by atoms with Crippen molar-refractivity contribution in [1.29, 1.82) is 0 Å². The molecular formula is C12H24N2O2S. The molecule has 5 heteroatoms. The quantitative estimate of drug-likeness (QED) is 0.772. The lowest BCUT2D eigenvalue weighted by molar-refractivity contribution is -0.134. The number of thioether (sulfide) groups is 1. The van der Waals surface area contributed by atoms with Crippen molar-refractivity contribution in [3.63, 3.8) is 0 Å². The fraction of sp³-hybridized carbons (Fsp3) is 0.917. The third-order valence-corrected chi connectivity index (χ3v) is 3.83. The fourth-order valence-electron chi connectivity index (χ4n) is 2.24. The Balaban J connectivity index is 2.39. The van der Waals surface area contributed by atoms with Gasteiger partial charge in [-0.05, 0) is 37.2 Å². The monoisotopic (exact) mass is 260 g/mol. The molecule has 1 rings (SSSR count). The Morgan fingerprint density at radius 2 is 2.41 bits per heavy atom. The number of ether oxygens (including phenoxy) is 1. The van der Waals surface area contributed by atoms with Gasteiger partial charge in [-0.3, -0.25) is 4.79 Å². The number of rotatable bonds is 6. The predicted molar refractivity (Wildman–Crippen MR) is 72.2 cm³/mol. The zero-order chi connectivity index (χ0) is 12.7. The zero-order valence-corrected chi connectivity index (χ0v) is 11.7. The molecule has 2 atom stereocenters. The van der Waals surface area contributed by atoms with E-state index in [0.29, 0.717) is 5.92 Å². The van der Waals surface area contributed by atoms with Crippen LogP contribution in [-0.4, -0.2) is 55.7 Å². The first-order valence-corrected chi connectivity index (χ1v) is 7.60. The molecule has 17 heavy (non-hydrogen) atoms. The number of methoxy groups -OCH3 is 1. The van der Waals surface area contributed by atoms with E-state index in [1.807, 2.05) is 11.2 Å². The van der Waals surface area contributed by atoms with Crippen LogP contribution >= 0.6 is 11.8 Å². The maximum Gasteiger partial charge on any atom is 0.239 e. The van der Waals surface area contributed by atoms with Crippen molar-refractivity contribution < 1.29 is 9.53 Å². The molecule has 1 heterocycles. The zero-order valence-electron chi connectivity index (χ0n) is 10.9. The molecule has 0 bridgehead atoms. The van der Waals surface area contributed by atoms with Gasteiger partial charge in [0.2, 0.25) is 5.91 Å². The van der Waals surface area contributed by atoms with Gasteiger partial charge in [-0.1, -0.05) is 0 Å². The number of amides is 1. The Bertz CT molecular complexity index is 237. The van der Waals surface area contributed by atoms with E-state index in [0.717, 1.165) is 44.7 Å². The van der Waals surface area contributed by atoms with Crippen molar-refractivity contribution in [3.05, 3.63) is 0 Å². The molecular weight excluding hydrogens is 236 g/mol. The van der Waals surface area contributed by atoms with E-state index in [-0.39, 0.29) is 11.9 Å². The van der Waals surface area contributed by atoms with Crippen molar-refractivity contribution >= 4 is 17.7 Å². The summed E-state index contributed by atoms with van der Waals surface area (Å²) in [4.78, 5) is 14.0. The molecule has 0 saturated carbocycles. The molecule has 1 amide bonds. The molecule has 2 N–H and O–H groups in total. The van der Waals surface area contributed by atoms with Crippen LogP contribution in [0.25, 0.3) is 0 Å². The SMILES string of the molecule is COCC1CCCN(C(=O)[C@@H](N)CCSC)C1. The van der Waals surface area contributed by atoms with Gasteiger partial charge in [-0.15, -0.1) is 0 Å². The van der Waals surface area contributed by atoms with E-state index in [2.05, 4.69) is 0 Å². The highest BCUT2D eigenvalue weighted by Gasteiger charge is 2.26. The molecule has 100 valence electrons. The molecule has 0 radical (unpaired) electrons. The van der Waals surface area contributed by atoms with E-state index in [9.17, 15) is 4.79 Å². The van der Waals surface area contributed by atoms with Crippen LogP contribution in [0.4, 0.5) is 0 Å². The van der Waals surface area contributed by atoms with Crippen LogP contribution in [0, 0.1) is 5.92 Å². The van der Waals surface area contributed by atoms with Crippen LogP contribution in [0.2, 0.25) is 0 Å². The summed E-state index contributed by atoms with van der Waals surface area (Å²) in [5.41, 5.74) is 5.92. The van der Waals surface area contributed by atoms with Crippen molar-refractivity contribution in [2.45, 2.75) is 25.3 Å². The van der Waals surface area contributed by atoms with E-state index in [1.54, 1.807) is 18.9 Å². The average molecular weight is 260 g/mol. The van der Waals surface area contributed by atoms with Crippen LogP contribution in [-0.2, 0) is 9.53 Å². The Morgan fingerprint density at radius 3 is 3.06 bits per heavy atom. The Kier molecular flexibility index (Phi) is 6.92. The number of carbonyl (C=O) groups is 1. The molecule has 1 saturated heterocycles. The minimum atomic E-state index is -0.330. The Morgan fingerprint density at radius 1 is 1.65 bits per heavy atom. The molecule has 0 spiro atoms. The van der Waals surface area contributed by atoms with Gasteiger partial charge in [0.15, 0.2) is 0 Å². The Hall–Kier alpha value is -0.260. The maximum atomic E-state index is 12.1. The summed E-state index contributed by atoms with van der Waals surface area (Å²) in [5.74, 6) is 1.53. The highest BCUT2D eigenvalue weighted by molar-refractivity contribution is 7.98. The largest absolute Gasteiger partial charge is 0.384 e. The third-order valence-electron chi connectivity index (χ3n) is 3.18. The van der Waals surface area contributed by atoms with Crippen LogP contribution in [0.3, 0.4) is 0 Å². The van der Waals surface area contributed by atoms with Crippen molar-refractivity contribution in [2.24, 2.45) is 11.7 Å². The first kappa shape index (κ1) is 14.8. The summed E-state index contributed by atoms with van der Waals surface area (Å²) >= 11 is 1.73. The number of likely N-dealkylation sites (tertiary alicyclic amines) is 1. The molecule has 4 nitrogen and oxygen atoms in total. The highest BCUT2D eigenvalue weighted by Crippen LogP contribution is 2.17. The molecule has 1 aliphatic heterocycles. The van der Waals surface area contributed by atoms with Crippen molar-refractivity contribution in [1.82, 2.24) is 4.90 Å². The lowest BCUT2D eigenvalue weighted by Crippen LogP contribution is -2.48. The van der Waals surface area contributed by atoms with E-state index < -0.39 is 0 Å². The minimum absolute atomic E-state index is 0.111. The first-order valence-electron chi connectivity index (χ1n) is 6.21. The summed E-state index contributed by atoms with van der Waals surface area (Å²) in [6.07, 6.45) is 5.02. The molecule has 1 unspecified atom stereocenters. The normalized spacial score (nSPS) is 22.5. The number of nitrogens with zero attached hydrogens (tertiary/aromatic N) is 1. The fourth-order valence-corrected chi connectivity index (χ4v) is 2.73. The number of hydrogen-bond donors (Lipinski definition) is 1. The van der Waals surface area contributed by atoms with E-state index in [1.165, 1.54) is 0 Å². The van der Waals surface area contributed by atoms with Gasteiger partial charge in [0, 0.05) is 20.2 Å². The van der Waals surface area contributed by atoms with Crippen molar-refractivity contribution in [3.8, 4) is 0 Å². The second-order valence-corrected chi connectivity index (χ2v) is 5.62. The number of hydrogen-bond acceptors (Lipinski definition) is 4. The average Bonchev–Trinajstić information content (AvgIpc) is 2.35. The molecule has 1 fully saturated rings. The summed E-state index contributed by atoms with van der Waals surface area (Å²) in [5, 5.41) is 0.